The third kappa shape index (κ3) is 5.90. The predicted octanol–water partition coefficient (Wildman–Crippen LogP) is 6.08. The lowest BCUT2D eigenvalue weighted by Crippen LogP contribution is -2.33. The minimum Gasteiger partial charge on any atom is -0.481 e. The van der Waals surface area contributed by atoms with E-state index in [0.717, 1.165) is 34.3 Å². The third-order valence-electron chi connectivity index (χ3n) is 8.25. The van der Waals surface area contributed by atoms with Gasteiger partial charge in [0.25, 0.3) is 0 Å². The largest absolute Gasteiger partial charge is 0.481 e. The van der Waals surface area contributed by atoms with Gasteiger partial charge in [0, 0.05) is 25.6 Å². The Morgan fingerprint density at radius 3 is 2.53 bits per heavy atom. The van der Waals surface area contributed by atoms with Crippen LogP contribution in [0.2, 0.25) is 0 Å². The van der Waals surface area contributed by atoms with Gasteiger partial charge in [0.1, 0.15) is 5.52 Å². The Balaban J connectivity index is 1.56. The first-order valence-corrected chi connectivity index (χ1v) is 15.5. The van der Waals surface area contributed by atoms with Crippen LogP contribution >= 0.6 is 0 Å². The maximum atomic E-state index is 13.8. The number of carboxylic acid groups (broad SMARTS) is 1. The first kappa shape index (κ1) is 30.7. The molecule has 1 unspecified atom stereocenters. The number of aryl methyl sites for hydroxylation is 3. The fourth-order valence-corrected chi connectivity index (χ4v) is 7.75. The lowest BCUT2D eigenvalue weighted by atomic mass is 9.84. The van der Waals surface area contributed by atoms with E-state index in [1.165, 1.54) is 10.4 Å². The maximum absolute atomic E-state index is 13.8. The maximum Gasteiger partial charge on any atom is 0.416 e. The molecule has 2 atom stereocenters. The zero-order chi connectivity index (χ0) is 31.3. The highest BCUT2D eigenvalue weighted by Crippen LogP contribution is 2.37. The number of sulfonamides is 1. The molecule has 0 spiro atoms. The van der Waals surface area contributed by atoms with Crippen molar-refractivity contribution in [3.8, 4) is 0 Å². The molecule has 8 nitrogen and oxygen atoms in total. The van der Waals surface area contributed by atoms with Crippen LogP contribution < -0.4 is 0 Å². The molecule has 3 aromatic carbocycles. The number of aromatic nitrogens is 3. The van der Waals surface area contributed by atoms with Crippen molar-refractivity contribution in [2.45, 2.75) is 70.6 Å². The monoisotopic (exact) mass is 614 g/mol. The quantitative estimate of drug-likeness (QED) is 0.271. The Labute approximate surface area is 248 Å². The van der Waals surface area contributed by atoms with Gasteiger partial charge >= 0.3 is 12.1 Å². The molecule has 0 aliphatic carbocycles. The number of halogens is 3. The number of nitrogens with zero attached hydrogens (tertiary/aromatic N) is 4. The highest BCUT2D eigenvalue weighted by molar-refractivity contribution is 7.89. The van der Waals surface area contributed by atoms with Crippen LogP contribution in [-0.2, 0) is 40.5 Å². The second-order valence-corrected chi connectivity index (χ2v) is 13.2. The second kappa shape index (κ2) is 11.4. The van der Waals surface area contributed by atoms with E-state index in [4.69, 9.17) is 0 Å². The van der Waals surface area contributed by atoms with Gasteiger partial charge in [-0.25, -0.2) is 13.1 Å². The van der Waals surface area contributed by atoms with Crippen LogP contribution in [0.5, 0.6) is 0 Å². The summed E-state index contributed by atoms with van der Waals surface area (Å²) in [5.74, 6) is -1.69. The van der Waals surface area contributed by atoms with E-state index < -0.39 is 33.7 Å². The Bertz CT molecular complexity index is 1820. The molecule has 4 aromatic rings. The van der Waals surface area contributed by atoms with E-state index in [0.29, 0.717) is 35.2 Å². The van der Waals surface area contributed by atoms with Crippen molar-refractivity contribution < 1.29 is 31.5 Å². The summed E-state index contributed by atoms with van der Waals surface area (Å²) < 4.78 is 71.2. The molecule has 43 heavy (non-hydrogen) atoms. The Morgan fingerprint density at radius 2 is 1.86 bits per heavy atom. The number of rotatable bonds is 7. The summed E-state index contributed by atoms with van der Waals surface area (Å²) in [4.78, 5) is 11.7. The summed E-state index contributed by atoms with van der Waals surface area (Å²) >= 11 is 0. The zero-order valence-corrected chi connectivity index (χ0v) is 25.1. The average molecular weight is 615 g/mol. The van der Waals surface area contributed by atoms with E-state index in [1.807, 2.05) is 58.0 Å². The van der Waals surface area contributed by atoms with Crippen LogP contribution in [-0.4, -0.2) is 45.3 Å². The predicted molar refractivity (Wildman–Crippen MR) is 155 cm³/mol. The Hall–Kier alpha value is -3.77. The molecule has 1 aromatic heterocycles. The topological polar surface area (TPSA) is 105 Å². The third-order valence-corrected chi connectivity index (χ3v) is 10.1. The highest BCUT2D eigenvalue weighted by atomic mass is 32.2. The molecule has 12 heteroatoms. The van der Waals surface area contributed by atoms with Crippen LogP contribution in [0.1, 0.15) is 65.1 Å². The van der Waals surface area contributed by atoms with Crippen LogP contribution in [0.15, 0.2) is 53.4 Å². The van der Waals surface area contributed by atoms with Crippen molar-refractivity contribution in [2.75, 3.05) is 6.54 Å². The molecule has 0 amide bonds. The summed E-state index contributed by atoms with van der Waals surface area (Å²) in [5.41, 5.74) is 4.59. The van der Waals surface area contributed by atoms with Crippen molar-refractivity contribution in [3.05, 3.63) is 87.5 Å². The number of carbonyl (C=O) groups is 1. The van der Waals surface area contributed by atoms with Gasteiger partial charge < -0.3 is 5.11 Å². The molecule has 0 bridgehead atoms. The van der Waals surface area contributed by atoms with Crippen LogP contribution in [0.4, 0.5) is 13.2 Å². The van der Waals surface area contributed by atoms with Gasteiger partial charge in [-0.15, -0.1) is 5.10 Å². The number of aliphatic carboxylic acids is 1. The van der Waals surface area contributed by atoms with Gasteiger partial charge in [0.2, 0.25) is 10.0 Å². The normalized spacial score (nSPS) is 17.9. The highest BCUT2D eigenvalue weighted by Gasteiger charge is 2.37. The molecule has 1 N–H and O–H groups in total. The van der Waals surface area contributed by atoms with Crippen molar-refractivity contribution in [1.82, 2.24) is 19.3 Å². The number of fused-ring (bicyclic) bond motifs is 2. The summed E-state index contributed by atoms with van der Waals surface area (Å²) in [6.45, 7) is 8.24. The zero-order valence-electron chi connectivity index (χ0n) is 24.3. The minimum atomic E-state index is -4.68. The van der Waals surface area contributed by atoms with Crippen molar-refractivity contribution in [1.29, 1.82) is 0 Å². The van der Waals surface area contributed by atoms with Gasteiger partial charge in [-0.05, 0) is 84.7 Å². The molecule has 0 saturated carbocycles. The van der Waals surface area contributed by atoms with E-state index >= 15 is 0 Å². The van der Waals surface area contributed by atoms with Gasteiger partial charge in [-0.3, -0.25) is 4.79 Å². The lowest BCUT2D eigenvalue weighted by Gasteiger charge is -2.25. The van der Waals surface area contributed by atoms with Crippen LogP contribution in [0, 0.1) is 19.8 Å². The molecule has 228 valence electrons. The number of benzene rings is 3. The Morgan fingerprint density at radius 1 is 1.12 bits per heavy atom. The molecule has 0 saturated heterocycles. The number of hydrogen-bond acceptors (Lipinski definition) is 5. The van der Waals surface area contributed by atoms with Gasteiger partial charge in [0.15, 0.2) is 0 Å². The first-order chi connectivity index (χ1) is 20.2. The molecular formula is C31H33F3N4O4S. The summed E-state index contributed by atoms with van der Waals surface area (Å²) in [6, 6.07) is 12.2. The first-order valence-electron chi connectivity index (χ1n) is 14.0. The summed E-state index contributed by atoms with van der Waals surface area (Å²) in [6.07, 6.45) is -4.56. The van der Waals surface area contributed by atoms with E-state index in [-0.39, 0.29) is 30.3 Å². The summed E-state index contributed by atoms with van der Waals surface area (Å²) in [7, 11) is -4.26. The molecule has 1 aliphatic rings. The van der Waals surface area contributed by atoms with E-state index in [2.05, 4.69) is 10.3 Å². The van der Waals surface area contributed by atoms with Crippen LogP contribution in [0.3, 0.4) is 0 Å². The lowest BCUT2D eigenvalue weighted by molar-refractivity contribution is -0.138. The molecule has 5 rings (SSSR count). The van der Waals surface area contributed by atoms with Gasteiger partial charge in [0.05, 0.1) is 22.4 Å². The second-order valence-electron chi connectivity index (χ2n) is 11.3. The van der Waals surface area contributed by atoms with E-state index in [1.54, 1.807) is 4.68 Å². The fourth-order valence-electron chi connectivity index (χ4n) is 5.96. The SMILES string of the molecule is CCn1nnc2c(C)c(C(CC(=O)O)c3ccc(C)c(CN4C[C@@H](C)Cc5ccc(C(F)(F)F)cc5S4(=O)=O)c3)ccc21. The van der Waals surface area contributed by atoms with Crippen molar-refractivity contribution in [3.63, 3.8) is 0 Å². The number of carboxylic acids is 1. The number of hydrogen-bond donors (Lipinski definition) is 1. The standard InChI is InChI=1S/C31H33F3N4O4S/c1-5-38-27-11-10-25(20(4)30(27)35-36-38)26(15-29(39)40)21-7-6-19(3)23(13-21)17-37-16-18(2)12-22-8-9-24(31(32,33)34)14-28(22)43(37,41)42/h6-11,13-14,18,26H,5,12,15-17H2,1-4H3,(H,39,40)/t18-,26?/m0/s1. The number of alkyl halides is 3. The van der Waals surface area contributed by atoms with Gasteiger partial charge in [-0.1, -0.05) is 42.5 Å². The minimum absolute atomic E-state index is 0.0648. The molecule has 2 heterocycles. The molecule has 0 fully saturated rings. The fraction of sp³-hybridized carbons (Fsp3) is 0.387. The van der Waals surface area contributed by atoms with Crippen molar-refractivity contribution in [2.24, 2.45) is 5.92 Å². The van der Waals surface area contributed by atoms with Gasteiger partial charge in [-0.2, -0.15) is 17.5 Å². The molecular weight excluding hydrogens is 581 g/mol. The van der Waals surface area contributed by atoms with Crippen molar-refractivity contribution >= 4 is 27.0 Å². The Kier molecular flexibility index (Phi) is 8.12. The smallest absolute Gasteiger partial charge is 0.416 e. The molecule has 0 radical (unpaired) electrons. The van der Waals surface area contributed by atoms with E-state index in [9.17, 15) is 31.5 Å². The molecule has 1 aliphatic heterocycles. The summed E-state index contributed by atoms with van der Waals surface area (Å²) in [5, 5.41) is 18.3. The average Bonchev–Trinajstić information content (AvgIpc) is 3.33. The van der Waals surface area contributed by atoms with Crippen LogP contribution in [0.25, 0.3) is 11.0 Å².